The topological polar surface area (TPSA) is 44.8 Å². The Hall–Kier alpha value is -1.33. The van der Waals surface area contributed by atoms with Gasteiger partial charge in [0.25, 0.3) is 6.47 Å². The summed E-state index contributed by atoms with van der Waals surface area (Å²) < 4.78 is 15.7. The van der Waals surface area contributed by atoms with Crippen LogP contribution in [0.4, 0.5) is 0 Å². The van der Waals surface area contributed by atoms with Gasteiger partial charge in [-0.2, -0.15) is 0 Å². The molecule has 0 saturated heterocycles. The molecule has 0 N–H and O–H groups in total. The van der Waals surface area contributed by atoms with Gasteiger partial charge in [-0.15, -0.1) is 0 Å². The fourth-order valence-electron chi connectivity index (χ4n) is 1.77. The lowest BCUT2D eigenvalue weighted by atomic mass is 10.1. The van der Waals surface area contributed by atoms with E-state index >= 15 is 0 Å². The molecule has 1 aromatic rings. The minimum absolute atomic E-state index is 0.353. The molecule has 0 amide bonds. The van der Waals surface area contributed by atoms with Gasteiger partial charge < -0.3 is 13.9 Å². The Labute approximate surface area is 117 Å². The lowest BCUT2D eigenvalue weighted by Crippen LogP contribution is -2.06. The lowest BCUT2D eigenvalue weighted by molar-refractivity contribution is -0.120. The van der Waals surface area contributed by atoms with E-state index in [1.54, 1.807) is 13.2 Å². The van der Waals surface area contributed by atoms with Crippen molar-refractivity contribution in [1.29, 1.82) is 0 Å². The summed E-state index contributed by atoms with van der Waals surface area (Å²) in [6, 6.07) is 6.83. The first-order valence-corrected chi connectivity index (χ1v) is 8.14. The Kier molecular flexibility index (Phi) is 7.21. The Morgan fingerprint density at radius 2 is 2.11 bits per heavy atom. The molecule has 0 atom stereocenters. The SMILES string of the molecule is COc1cc(CCC[SiH2]OC(C)C)ccc1OC=O. The van der Waals surface area contributed by atoms with Gasteiger partial charge in [0.1, 0.15) is 0 Å². The van der Waals surface area contributed by atoms with Crippen LogP contribution < -0.4 is 9.47 Å². The molecule has 1 rings (SSSR count). The highest BCUT2D eigenvalue weighted by Gasteiger charge is 2.05. The largest absolute Gasteiger partial charge is 0.493 e. The molecule has 0 aliphatic heterocycles. The third-order valence-electron chi connectivity index (χ3n) is 2.71. The molecular formula is C14H22O4Si. The summed E-state index contributed by atoms with van der Waals surface area (Å²) in [5, 5.41) is 0. The molecular weight excluding hydrogens is 260 g/mol. The van der Waals surface area contributed by atoms with Crippen molar-refractivity contribution in [3.63, 3.8) is 0 Å². The molecule has 0 aliphatic rings. The van der Waals surface area contributed by atoms with E-state index in [9.17, 15) is 4.79 Å². The van der Waals surface area contributed by atoms with E-state index in [-0.39, 0.29) is 9.76 Å². The quantitative estimate of drug-likeness (QED) is 0.395. The van der Waals surface area contributed by atoms with E-state index in [0.29, 0.717) is 24.1 Å². The molecule has 0 heterocycles. The average molecular weight is 282 g/mol. The zero-order valence-electron chi connectivity index (χ0n) is 11.8. The molecule has 0 saturated carbocycles. The van der Waals surface area contributed by atoms with E-state index in [0.717, 1.165) is 12.8 Å². The maximum atomic E-state index is 10.3. The first-order chi connectivity index (χ1) is 9.17. The van der Waals surface area contributed by atoms with Gasteiger partial charge in [-0.3, -0.25) is 4.79 Å². The first-order valence-electron chi connectivity index (χ1n) is 6.56. The van der Waals surface area contributed by atoms with Crippen molar-refractivity contribution in [3.05, 3.63) is 23.8 Å². The van der Waals surface area contributed by atoms with Gasteiger partial charge in [0.05, 0.1) is 7.11 Å². The predicted octanol–water partition coefficient (Wildman–Crippen LogP) is 2.09. The average Bonchev–Trinajstić information content (AvgIpc) is 2.39. The van der Waals surface area contributed by atoms with Crippen LogP contribution in [0.2, 0.25) is 6.04 Å². The molecule has 0 unspecified atom stereocenters. The van der Waals surface area contributed by atoms with Gasteiger partial charge in [0.2, 0.25) is 0 Å². The number of hydrogen-bond donors (Lipinski definition) is 0. The van der Waals surface area contributed by atoms with E-state index < -0.39 is 0 Å². The molecule has 0 bridgehead atoms. The first kappa shape index (κ1) is 15.7. The summed E-state index contributed by atoms with van der Waals surface area (Å²) in [5.74, 6) is 1.05. The van der Waals surface area contributed by atoms with Gasteiger partial charge in [0.15, 0.2) is 21.3 Å². The van der Waals surface area contributed by atoms with Crippen molar-refractivity contribution in [3.8, 4) is 11.5 Å². The molecule has 0 spiro atoms. The van der Waals surface area contributed by atoms with Crippen LogP contribution in [0.25, 0.3) is 0 Å². The van der Waals surface area contributed by atoms with Gasteiger partial charge in [0, 0.05) is 6.10 Å². The number of rotatable bonds is 9. The molecule has 0 aromatic heterocycles. The maximum absolute atomic E-state index is 10.3. The fourth-order valence-corrected chi connectivity index (χ4v) is 2.86. The highest BCUT2D eigenvalue weighted by atomic mass is 28.2. The number of carbonyl (C=O) groups is 1. The number of aryl methyl sites for hydroxylation is 1. The Morgan fingerprint density at radius 3 is 2.74 bits per heavy atom. The highest BCUT2D eigenvalue weighted by molar-refractivity contribution is 6.27. The summed E-state index contributed by atoms with van der Waals surface area (Å²) >= 11 is 0. The number of carbonyl (C=O) groups excluding carboxylic acids is 1. The normalized spacial score (nSPS) is 11.2. The zero-order chi connectivity index (χ0) is 14.1. The highest BCUT2D eigenvalue weighted by Crippen LogP contribution is 2.28. The zero-order valence-corrected chi connectivity index (χ0v) is 13.3. The van der Waals surface area contributed by atoms with Crippen LogP contribution in [0.5, 0.6) is 11.5 Å². The van der Waals surface area contributed by atoms with Crippen LogP contribution in [0.15, 0.2) is 18.2 Å². The Morgan fingerprint density at radius 1 is 1.32 bits per heavy atom. The number of methoxy groups -OCH3 is 1. The molecule has 4 nitrogen and oxygen atoms in total. The van der Waals surface area contributed by atoms with Crippen LogP contribution in [0.1, 0.15) is 25.8 Å². The third-order valence-corrected chi connectivity index (χ3v) is 4.41. The molecule has 0 radical (unpaired) electrons. The second-order valence-corrected chi connectivity index (χ2v) is 6.02. The van der Waals surface area contributed by atoms with Crippen LogP contribution in [0, 0.1) is 0 Å². The Bertz CT molecular complexity index is 393. The molecule has 0 aliphatic carbocycles. The second-order valence-electron chi connectivity index (χ2n) is 4.58. The van der Waals surface area contributed by atoms with Crippen molar-refractivity contribution in [1.82, 2.24) is 0 Å². The molecule has 1 aromatic carbocycles. The van der Waals surface area contributed by atoms with Crippen molar-refractivity contribution >= 4 is 16.2 Å². The minimum atomic E-state index is -0.385. The van der Waals surface area contributed by atoms with Crippen LogP contribution in [-0.4, -0.2) is 29.4 Å². The van der Waals surface area contributed by atoms with E-state index in [2.05, 4.69) is 13.8 Å². The van der Waals surface area contributed by atoms with Crippen LogP contribution in [0.3, 0.4) is 0 Å². The summed E-state index contributed by atoms with van der Waals surface area (Å²) in [5.41, 5.74) is 1.19. The summed E-state index contributed by atoms with van der Waals surface area (Å²) in [6.07, 6.45) is 2.47. The number of benzene rings is 1. The van der Waals surface area contributed by atoms with Gasteiger partial charge in [-0.05, 0) is 44.0 Å². The standard InChI is InChI=1S/C14H22O4Si/c1-11(2)18-19-8-4-5-12-6-7-13(17-10-15)14(9-12)16-3/h6-7,9-11H,4-5,8,19H2,1-3H3. The van der Waals surface area contributed by atoms with E-state index in [1.165, 1.54) is 11.6 Å². The van der Waals surface area contributed by atoms with Crippen molar-refractivity contribution < 1.29 is 18.7 Å². The monoisotopic (exact) mass is 282 g/mol. The lowest BCUT2D eigenvalue weighted by Gasteiger charge is -2.09. The Balaban J connectivity index is 2.44. The molecule has 19 heavy (non-hydrogen) atoms. The number of hydrogen-bond acceptors (Lipinski definition) is 4. The molecule has 106 valence electrons. The fraction of sp³-hybridized carbons (Fsp3) is 0.500. The maximum Gasteiger partial charge on any atom is 0.298 e. The van der Waals surface area contributed by atoms with E-state index in [4.69, 9.17) is 13.9 Å². The minimum Gasteiger partial charge on any atom is -0.493 e. The van der Waals surface area contributed by atoms with Crippen molar-refractivity contribution in [2.75, 3.05) is 7.11 Å². The smallest absolute Gasteiger partial charge is 0.298 e. The van der Waals surface area contributed by atoms with E-state index in [1.807, 2.05) is 12.1 Å². The molecule has 0 fully saturated rings. The van der Waals surface area contributed by atoms with Crippen molar-refractivity contribution in [2.24, 2.45) is 0 Å². The van der Waals surface area contributed by atoms with Crippen LogP contribution in [-0.2, 0) is 15.6 Å². The van der Waals surface area contributed by atoms with Crippen LogP contribution >= 0.6 is 0 Å². The number of ether oxygens (including phenoxy) is 2. The second kappa shape index (κ2) is 8.71. The third kappa shape index (κ3) is 5.89. The summed E-state index contributed by atoms with van der Waals surface area (Å²) in [4.78, 5) is 10.3. The summed E-state index contributed by atoms with van der Waals surface area (Å²) in [7, 11) is 1.18. The van der Waals surface area contributed by atoms with Gasteiger partial charge in [-0.25, -0.2) is 0 Å². The molecule has 5 heteroatoms. The van der Waals surface area contributed by atoms with Crippen molar-refractivity contribution in [2.45, 2.75) is 38.8 Å². The predicted molar refractivity (Wildman–Crippen MR) is 77.6 cm³/mol. The van der Waals surface area contributed by atoms with Gasteiger partial charge >= 0.3 is 0 Å². The van der Waals surface area contributed by atoms with Gasteiger partial charge in [-0.1, -0.05) is 12.5 Å². The summed E-state index contributed by atoms with van der Waals surface area (Å²) in [6.45, 7) is 4.56.